The lowest BCUT2D eigenvalue weighted by Gasteiger charge is -2.31. The number of esters is 1. The molecule has 3 rings (SSSR count). The summed E-state index contributed by atoms with van der Waals surface area (Å²) in [5.41, 5.74) is 2.85. The van der Waals surface area contributed by atoms with Crippen molar-refractivity contribution in [2.75, 3.05) is 25.5 Å². The summed E-state index contributed by atoms with van der Waals surface area (Å²) in [4.78, 5) is 26.9. The molecule has 0 atom stereocenters. The Balaban J connectivity index is 1.57. The molecule has 5 nitrogen and oxygen atoms in total. The first-order chi connectivity index (χ1) is 13.9. The molecule has 0 spiro atoms. The lowest BCUT2D eigenvalue weighted by atomic mass is 9.95. The molecule has 1 aliphatic rings. The van der Waals surface area contributed by atoms with Gasteiger partial charge in [0.25, 0.3) is 0 Å². The van der Waals surface area contributed by atoms with Gasteiger partial charge in [0.05, 0.1) is 12.7 Å². The number of carbonyl (C=O) groups excluding carboxylic acids is 2. The smallest absolute Gasteiger partial charge is 0.338 e. The molecule has 0 bridgehead atoms. The van der Waals surface area contributed by atoms with E-state index < -0.39 is 5.97 Å². The van der Waals surface area contributed by atoms with Crippen LogP contribution in [-0.4, -0.2) is 37.0 Å². The van der Waals surface area contributed by atoms with Gasteiger partial charge in [0.1, 0.15) is 0 Å². The number of halogens is 2. The van der Waals surface area contributed by atoms with E-state index in [0.717, 1.165) is 38.0 Å². The molecule has 1 N–H and O–H groups in total. The molecule has 0 saturated carbocycles. The van der Waals surface area contributed by atoms with Crippen LogP contribution >= 0.6 is 23.2 Å². The molecule has 1 heterocycles. The van der Waals surface area contributed by atoms with Crippen molar-refractivity contribution >= 4 is 40.8 Å². The van der Waals surface area contributed by atoms with Crippen molar-refractivity contribution in [2.45, 2.75) is 26.3 Å². The Morgan fingerprint density at radius 2 is 1.90 bits per heavy atom. The number of ether oxygens (including phenoxy) is 1. The average molecular weight is 435 g/mol. The molecule has 1 aliphatic heterocycles. The average Bonchev–Trinajstić information content (AvgIpc) is 2.71. The highest BCUT2D eigenvalue weighted by Crippen LogP contribution is 2.26. The van der Waals surface area contributed by atoms with Crippen molar-refractivity contribution in [1.82, 2.24) is 4.90 Å². The van der Waals surface area contributed by atoms with Crippen LogP contribution in [0.4, 0.5) is 5.69 Å². The normalized spacial score (nSPS) is 15.2. The number of methoxy groups -OCH3 is 1. The van der Waals surface area contributed by atoms with E-state index in [1.165, 1.54) is 7.11 Å². The molecule has 0 radical (unpaired) electrons. The Labute approximate surface area is 180 Å². The van der Waals surface area contributed by atoms with Crippen molar-refractivity contribution in [3.8, 4) is 0 Å². The summed E-state index contributed by atoms with van der Waals surface area (Å²) in [5.74, 6) is -0.486. The maximum Gasteiger partial charge on any atom is 0.338 e. The summed E-state index contributed by atoms with van der Waals surface area (Å²) >= 11 is 12.2. The minimum atomic E-state index is -0.409. The molecule has 0 unspecified atom stereocenters. The largest absolute Gasteiger partial charge is 0.465 e. The molecule has 0 aromatic heterocycles. The van der Waals surface area contributed by atoms with Gasteiger partial charge in [-0.3, -0.25) is 9.69 Å². The summed E-state index contributed by atoms with van der Waals surface area (Å²) in [6.07, 6.45) is 1.54. The summed E-state index contributed by atoms with van der Waals surface area (Å²) in [7, 11) is 1.35. The highest BCUT2D eigenvalue weighted by molar-refractivity contribution is 6.35. The molecule has 0 aliphatic carbocycles. The summed E-state index contributed by atoms with van der Waals surface area (Å²) < 4.78 is 4.80. The van der Waals surface area contributed by atoms with E-state index in [1.807, 2.05) is 12.1 Å². The van der Waals surface area contributed by atoms with Gasteiger partial charge in [-0.25, -0.2) is 4.79 Å². The van der Waals surface area contributed by atoms with E-state index in [9.17, 15) is 9.59 Å². The fourth-order valence-corrected chi connectivity index (χ4v) is 4.05. The van der Waals surface area contributed by atoms with Crippen molar-refractivity contribution in [3.63, 3.8) is 0 Å². The van der Waals surface area contributed by atoms with E-state index >= 15 is 0 Å². The molecule has 2 aromatic carbocycles. The maximum atomic E-state index is 12.7. The van der Waals surface area contributed by atoms with Gasteiger partial charge in [-0.2, -0.15) is 0 Å². The van der Waals surface area contributed by atoms with Crippen LogP contribution in [0.2, 0.25) is 10.0 Å². The predicted octanol–water partition coefficient (Wildman–Crippen LogP) is 4.94. The Bertz CT molecular complexity index is 909. The third-order valence-corrected chi connectivity index (χ3v) is 5.95. The Kier molecular flexibility index (Phi) is 7.17. The number of nitrogens with one attached hydrogen (secondary N) is 1. The van der Waals surface area contributed by atoms with Gasteiger partial charge in [0.2, 0.25) is 5.91 Å². The molecule has 154 valence electrons. The van der Waals surface area contributed by atoms with Crippen molar-refractivity contribution < 1.29 is 14.3 Å². The number of likely N-dealkylation sites (tertiary alicyclic amines) is 1. The number of benzene rings is 2. The number of hydrogen-bond donors (Lipinski definition) is 1. The summed E-state index contributed by atoms with van der Waals surface area (Å²) in [6, 6.07) is 10.8. The highest BCUT2D eigenvalue weighted by atomic mass is 35.5. The number of amides is 1. The van der Waals surface area contributed by atoms with Crippen LogP contribution in [0.15, 0.2) is 36.4 Å². The third kappa shape index (κ3) is 5.30. The lowest BCUT2D eigenvalue weighted by Crippen LogP contribution is -2.37. The Morgan fingerprint density at radius 1 is 1.17 bits per heavy atom. The van der Waals surface area contributed by atoms with Crippen molar-refractivity contribution in [3.05, 3.63) is 63.1 Å². The number of hydrogen-bond acceptors (Lipinski definition) is 4. The minimum Gasteiger partial charge on any atom is -0.465 e. The number of carbonyl (C=O) groups is 2. The van der Waals surface area contributed by atoms with Gasteiger partial charge in [-0.15, -0.1) is 0 Å². The van der Waals surface area contributed by atoms with Gasteiger partial charge in [-0.05, 0) is 68.2 Å². The van der Waals surface area contributed by atoms with Gasteiger partial charge >= 0.3 is 5.97 Å². The molecule has 29 heavy (non-hydrogen) atoms. The highest BCUT2D eigenvalue weighted by Gasteiger charge is 2.26. The molecule has 2 aromatic rings. The molecule has 7 heteroatoms. The van der Waals surface area contributed by atoms with Crippen molar-refractivity contribution in [2.24, 2.45) is 5.92 Å². The van der Waals surface area contributed by atoms with Crippen LogP contribution < -0.4 is 5.32 Å². The monoisotopic (exact) mass is 434 g/mol. The zero-order chi connectivity index (χ0) is 21.0. The van der Waals surface area contributed by atoms with Crippen LogP contribution in [0.3, 0.4) is 0 Å². The standard InChI is InChI=1S/C22H24Cl2N2O3/c1-14-18(22(28)29-2)4-3-5-20(14)25-21(27)15-8-10-26(11-9-15)13-16-6-7-17(23)12-19(16)24/h3-7,12,15H,8-11,13H2,1-2H3,(H,25,27). The van der Waals surface area contributed by atoms with E-state index in [1.54, 1.807) is 31.2 Å². The van der Waals surface area contributed by atoms with Gasteiger partial charge in [-0.1, -0.05) is 35.3 Å². The first-order valence-corrected chi connectivity index (χ1v) is 10.3. The van der Waals surface area contributed by atoms with E-state index in [2.05, 4.69) is 10.2 Å². The minimum absolute atomic E-state index is 0.0145. The summed E-state index contributed by atoms with van der Waals surface area (Å²) in [6.45, 7) is 4.18. The fraction of sp³-hybridized carbons (Fsp3) is 0.364. The van der Waals surface area contributed by atoms with Gasteiger partial charge in [0, 0.05) is 28.2 Å². The first kappa shape index (κ1) is 21.6. The number of piperidine rings is 1. The zero-order valence-electron chi connectivity index (χ0n) is 16.5. The van der Waals surface area contributed by atoms with E-state index in [-0.39, 0.29) is 11.8 Å². The topological polar surface area (TPSA) is 58.6 Å². The fourth-order valence-electron chi connectivity index (χ4n) is 3.58. The lowest BCUT2D eigenvalue weighted by molar-refractivity contribution is -0.121. The molecule has 1 amide bonds. The maximum absolute atomic E-state index is 12.7. The second-order valence-electron chi connectivity index (χ2n) is 7.25. The predicted molar refractivity (Wildman–Crippen MR) is 116 cm³/mol. The molecular weight excluding hydrogens is 411 g/mol. The quantitative estimate of drug-likeness (QED) is 0.676. The first-order valence-electron chi connectivity index (χ1n) is 9.54. The van der Waals surface area contributed by atoms with Gasteiger partial charge < -0.3 is 10.1 Å². The Hall–Kier alpha value is -2.08. The second-order valence-corrected chi connectivity index (χ2v) is 8.09. The van der Waals surface area contributed by atoms with E-state index in [4.69, 9.17) is 27.9 Å². The molecule has 1 fully saturated rings. The number of anilines is 1. The van der Waals surface area contributed by atoms with Crippen molar-refractivity contribution in [1.29, 1.82) is 0 Å². The SMILES string of the molecule is COC(=O)c1cccc(NC(=O)C2CCN(Cc3ccc(Cl)cc3Cl)CC2)c1C. The zero-order valence-corrected chi connectivity index (χ0v) is 18.0. The molecule has 1 saturated heterocycles. The van der Waals surface area contributed by atoms with Crippen LogP contribution in [-0.2, 0) is 16.1 Å². The van der Waals surface area contributed by atoms with E-state index in [0.29, 0.717) is 26.9 Å². The van der Waals surface area contributed by atoms with Gasteiger partial charge in [0.15, 0.2) is 0 Å². The van der Waals surface area contributed by atoms with Crippen LogP contribution in [0.5, 0.6) is 0 Å². The number of rotatable bonds is 5. The van der Waals surface area contributed by atoms with Crippen LogP contribution in [0, 0.1) is 12.8 Å². The van der Waals surface area contributed by atoms with Crippen LogP contribution in [0.1, 0.15) is 34.3 Å². The summed E-state index contributed by atoms with van der Waals surface area (Å²) in [5, 5.41) is 4.27. The Morgan fingerprint density at radius 3 is 2.55 bits per heavy atom. The third-order valence-electron chi connectivity index (χ3n) is 5.36. The van der Waals surface area contributed by atoms with Crippen LogP contribution in [0.25, 0.3) is 0 Å². The second kappa shape index (κ2) is 9.61. The molecular formula is C22H24Cl2N2O3. The number of nitrogens with zero attached hydrogens (tertiary/aromatic N) is 1.